The maximum atomic E-state index is 9.92. The lowest BCUT2D eigenvalue weighted by molar-refractivity contribution is 0.0281. The van der Waals surface area contributed by atoms with Crippen LogP contribution in [0.15, 0.2) is 0 Å². The normalized spacial score (nSPS) is 28.4. The summed E-state index contributed by atoms with van der Waals surface area (Å²) in [5.74, 6) is 0.887. The van der Waals surface area contributed by atoms with E-state index in [9.17, 15) is 5.11 Å². The van der Waals surface area contributed by atoms with Crippen LogP contribution >= 0.6 is 0 Å². The minimum atomic E-state index is -0.716. The summed E-state index contributed by atoms with van der Waals surface area (Å²) < 4.78 is 0. The van der Waals surface area contributed by atoms with Gasteiger partial charge in [-0.15, -0.1) is 0 Å². The van der Waals surface area contributed by atoms with Gasteiger partial charge in [0.2, 0.25) is 0 Å². The van der Waals surface area contributed by atoms with E-state index in [4.69, 9.17) is 5.73 Å². The van der Waals surface area contributed by atoms with Crippen LogP contribution in [0.25, 0.3) is 0 Å². The molecule has 0 aliphatic carbocycles. The zero-order valence-corrected chi connectivity index (χ0v) is 10.2. The van der Waals surface area contributed by atoms with Gasteiger partial charge < -0.3 is 15.7 Å². The van der Waals surface area contributed by atoms with Gasteiger partial charge in [0.1, 0.15) is 0 Å². The van der Waals surface area contributed by atoms with E-state index in [-0.39, 0.29) is 0 Å². The van der Waals surface area contributed by atoms with Crippen LogP contribution in [0.5, 0.6) is 0 Å². The second-order valence-corrected chi connectivity index (χ2v) is 5.18. The summed E-state index contributed by atoms with van der Waals surface area (Å²) in [4.78, 5) is 2.36. The largest absolute Gasteiger partial charge is 0.388 e. The van der Waals surface area contributed by atoms with Crippen molar-refractivity contribution in [1.82, 2.24) is 4.90 Å². The van der Waals surface area contributed by atoms with Crippen molar-refractivity contribution < 1.29 is 5.11 Å². The van der Waals surface area contributed by atoms with Crippen molar-refractivity contribution >= 4 is 0 Å². The number of nitrogens with zero attached hydrogens (tertiary/aromatic N) is 1. The fraction of sp³-hybridized carbons (Fsp3) is 1.00. The van der Waals surface area contributed by atoms with Gasteiger partial charge in [-0.1, -0.05) is 13.3 Å². The molecular formula is C12H26N2O. The third-order valence-electron chi connectivity index (χ3n) is 3.52. The lowest BCUT2D eigenvalue weighted by Crippen LogP contribution is -2.46. The zero-order chi connectivity index (χ0) is 11.3. The number of rotatable bonds is 4. The van der Waals surface area contributed by atoms with Crippen molar-refractivity contribution in [3.8, 4) is 0 Å². The maximum Gasteiger partial charge on any atom is 0.0867 e. The molecular weight excluding hydrogens is 188 g/mol. The van der Waals surface area contributed by atoms with Gasteiger partial charge in [-0.25, -0.2) is 0 Å². The Morgan fingerprint density at radius 3 is 2.73 bits per heavy atom. The smallest absolute Gasteiger partial charge is 0.0867 e. The Kier molecular flexibility index (Phi) is 5.03. The Hall–Kier alpha value is -0.120. The molecule has 0 aromatic heterocycles. The lowest BCUT2D eigenvalue weighted by atomic mass is 9.98. The summed E-state index contributed by atoms with van der Waals surface area (Å²) in [5.41, 5.74) is 4.82. The highest BCUT2D eigenvalue weighted by Crippen LogP contribution is 2.21. The third kappa shape index (κ3) is 4.49. The molecule has 1 rings (SSSR count). The molecule has 0 radical (unpaired) electrons. The van der Waals surface area contributed by atoms with Gasteiger partial charge in [0, 0.05) is 13.1 Å². The van der Waals surface area contributed by atoms with Crippen molar-refractivity contribution in [2.75, 3.05) is 26.2 Å². The molecule has 1 aliphatic heterocycles. The third-order valence-corrected chi connectivity index (χ3v) is 3.52. The van der Waals surface area contributed by atoms with E-state index in [2.05, 4.69) is 11.8 Å². The van der Waals surface area contributed by atoms with E-state index in [1.54, 1.807) is 0 Å². The first kappa shape index (κ1) is 12.9. The minimum Gasteiger partial charge on any atom is -0.388 e. The standard InChI is InChI=1S/C12H26N2O/c1-3-11-5-4-7-14(8-6-11)10-12(2,15)9-13/h11,15H,3-10,13H2,1-2H3. The molecule has 15 heavy (non-hydrogen) atoms. The van der Waals surface area contributed by atoms with Crippen molar-refractivity contribution in [3.63, 3.8) is 0 Å². The molecule has 1 heterocycles. The molecule has 0 amide bonds. The Morgan fingerprint density at radius 2 is 2.13 bits per heavy atom. The van der Waals surface area contributed by atoms with E-state index in [0.717, 1.165) is 25.6 Å². The second-order valence-electron chi connectivity index (χ2n) is 5.18. The highest BCUT2D eigenvalue weighted by molar-refractivity contribution is 4.80. The Bertz CT molecular complexity index is 182. The Labute approximate surface area is 93.6 Å². The number of likely N-dealkylation sites (tertiary alicyclic amines) is 1. The molecule has 1 aliphatic rings. The van der Waals surface area contributed by atoms with Gasteiger partial charge in [-0.3, -0.25) is 0 Å². The summed E-state index contributed by atoms with van der Waals surface area (Å²) >= 11 is 0. The topological polar surface area (TPSA) is 49.5 Å². The molecule has 1 saturated heterocycles. The minimum absolute atomic E-state index is 0.348. The van der Waals surface area contributed by atoms with Crippen LogP contribution in [-0.2, 0) is 0 Å². The van der Waals surface area contributed by atoms with Crippen LogP contribution in [0.4, 0.5) is 0 Å². The average molecular weight is 214 g/mol. The molecule has 2 unspecified atom stereocenters. The number of hydrogen-bond donors (Lipinski definition) is 2. The summed E-state index contributed by atoms with van der Waals surface area (Å²) in [6, 6.07) is 0. The monoisotopic (exact) mass is 214 g/mol. The van der Waals surface area contributed by atoms with Gasteiger partial charge in [0.25, 0.3) is 0 Å². The molecule has 3 heteroatoms. The van der Waals surface area contributed by atoms with Gasteiger partial charge in [0.15, 0.2) is 0 Å². The van der Waals surface area contributed by atoms with Crippen molar-refractivity contribution in [2.45, 2.75) is 45.1 Å². The van der Waals surface area contributed by atoms with E-state index in [0.29, 0.717) is 6.54 Å². The number of nitrogens with two attached hydrogens (primary N) is 1. The maximum absolute atomic E-state index is 9.92. The van der Waals surface area contributed by atoms with Crippen LogP contribution in [-0.4, -0.2) is 41.8 Å². The summed E-state index contributed by atoms with van der Waals surface area (Å²) in [5, 5.41) is 9.92. The predicted octanol–water partition coefficient (Wildman–Crippen LogP) is 1.21. The molecule has 1 fully saturated rings. The van der Waals surface area contributed by atoms with E-state index in [1.165, 1.54) is 25.7 Å². The van der Waals surface area contributed by atoms with Crippen molar-refractivity contribution in [2.24, 2.45) is 11.7 Å². The highest BCUT2D eigenvalue weighted by atomic mass is 16.3. The van der Waals surface area contributed by atoms with Crippen LogP contribution in [0.2, 0.25) is 0 Å². The predicted molar refractivity (Wildman–Crippen MR) is 63.8 cm³/mol. The van der Waals surface area contributed by atoms with Gasteiger partial charge in [0.05, 0.1) is 5.60 Å². The number of hydrogen-bond acceptors (Lipinski definition) is 3. The van der Waals surface area contributed by atoms with Gasteiger partial charge in [-0.05, 0) is 45.2 Å². The first-order valence-electron chi connectivity index (χ1n) is 6.22. The summed E-state index contributed by atoms with van der Waals surface area (Å²) in [6.07, 6.45) is 5.18. The molecule has 0 saturated carbocycles. The zero-order valence-electron chi connectivity index (χ0n) is 10.2. The van der Waals surface area contributed by atoms with Gasteiger partial charge >= 0.3 is 0 Å². The molecule has 0 aromatic carbocycles. The molecule has 3 N–H and O–H groups in total. The second kappa shape index (κ2) is 5.83. The average Bonchev–Trinajstić information content (AvgIpc) is 2.43. The molecule has 0 bridgehead atoms. The Balaban J connectivity index is 2.37. The summed E-state index contributed by atoms with van der Waals surface area (Å²) in [6.45, 7) is 7.41. The summed E-state index contributed by atoms with van der Waals surface area (Å²) in [7, 11) is 0. The first-order valence-corrected chi connectivity index (χ1v) is 6.22. The lowest BCUT2D eigenvalue weighted by Gasteiger charge is -2.29. The van der Waals surface area contributed by atoms with E-state index < -0.39 is 5.60 Å². The van der Waals surface area contributed by atoms with E-state index in [1.807, 2.05) is 6.92 Å². The SMILES string of the molecule is CCC1CCCN(CC(C)(O)CN)CC1. The van der Waals surface area contributed by atoms with E-state index >= 15 is 0 Å². The molecule has 0 spiro atoms. The molecule has 3 nitrogen and oxygen atoms in total. The fourth-order valence-electron chi connectivity index (χ4n) is 2.34. The Morgan fingerprint density at radius 1 is 1.40 bits per heavy atom. The van der Waals surface area contributed by atoms with Crippen LogP contribution in [0, 0.1) is 5.92 Å². The van der Waals surface area contributed by atoms with Crippen molar-refractivity contribution in [3.05, 3.63) is 0 Å². The van der Waals surface area contributed by atoms with Crippen LogP contribution in [0.1, 0.15) is 39.5 Å². The molecule has 0 aromatic rings. The van der Waals surface area contributed by atoms with Crippen LogP contribution in [0.3, 0.4) is 0 Å². The van der Waals surface area contributed by atoms with Crippen molar-refractivity contribution in [1.29, 1.82) is 0 Å². The molecule has 2 atom stereocenters. The molecule has 90 valence electrons. The number of β-amino-alcohol motifs (C(OH)–C–C–N with tert-alkyl or cyclic N) is 1. The first-order chi connectivity index (χ1) is 7.07. The highest BCUT2D eigenvalue weighted by Gasteiger charge is 2.24. The van der Waals surface area contributed by atoms with Crippen LogP contribution < -0.4 is 5.73 Å². The quantitative estimate of drug-likeness (QED) is 0.739. The number of aliphatic hydroxyl groups is 1. The van der Waals surface area contributed by atoms with Gasteiger partial charge in [-0.2, -0.15) is 0 Å². The fourth-order valence-corrected chi connectivity index (χ4v) is 2.34.